The predicted octanol–water partition coefficient (Wildman–Crippen LogP) is 5.40. The number of amides is 1. The molecule has 0 bridgehead atoms. The number of nitrogens with one attached hydrogen (secondary N) is 1. The second-order valence-electron chi connectivity index (χ2n) is 7.78. The zero-order valence-corrected chi connectivity index (χ0v) is 17.4. The van der Waals surface area contributed by atoms with Gasteiger partial charge in [-0.2, -0.15) is 0 Å². The highest BCUT2D eigenvalue weighted by molar-refractivity contribution is 6.30. The molecular formula is C25H24ClFN2O. The molecule has 1 unspecified atom stereocenters. The highest BCUT2D eigenvalue weighted by atomic mass is 35.5. The summed E-state index contributed by atoms with van der Waals surface area (Å²) in [5, 5.41) is 3.59. The van der Waals surface area contributed by atoms with E-state index in [0.717, 1.165) is 37.2 Å². The molecular weight excluding hydrogens is 399 g/mol. The van der Waals surface area contributed by atoms with Crippen molar-refractivity contribution in [2.24, 2.45) is 0 Å². The lowest BCUT2D eigenvalue weighted by atomic mass is 9.96. The van der Waals surface area contributed by atoms with Crippen molar-refractivity contribution >= 4 is 17.5 Å². The maximum absolute atomic E-state index is 13.1. The summed E-state index contributed by atoms with van der Waals surface area (Å²) in [5.41, 5.74) is 4.13. The van der Waals surface area contributed by atoms with Crippen molar-refractivity contribution in [2.75, 3.05) is 13.1 Å². The van der Waals surface area contributed by atoms with Gasteiger partial charge in [0.05, 0.1) is 0 Å². The van der Waals surface area contributed by atoms with Crippen LogP contribution in [0.15, 0.2) is 72.8 Å². The van der Waals surface area contributed by atoms with E-state index in [1.54, 1.807) is 24.3 Å². The molecule has 1 aliphatic rings. The predicted molar refractivity (Wildman–Crippen MR) is 118 cm³/mol. The number of carbonyl (C=O) groups is 1. The van der Waals surface area contributed by atoms with Crippen LogP contribution >= 0.6 is 11.6 Å². The van der Waals surface area contributed by atoms with E-state index in [2.05, 4.69) is 28.4 Å². The molecule has 1 atom stereocenters. The SMILES string of the molecule is O=C(NCc1cccc(C2CCN(Cc3ccc(F)cc3)C2)c1)c1ccc(Cl)cc1. The zero-order chi connectivity index (χ0) is 20.9. The molecule has 4 rings (SSSR count). The minimum absolute atomic E-state index is 0.108. The highest BCUT2D eigenvalue weighted by Gasteiger charge is 2.24. The minimum Gasteiger partial charge on any atom is -0.348 e. The van der Waals surface area contributed by atoms with E-state index >= 15 is 0 Å². The fourth-order valence-corrected chi connectivity index (χ4v) is 4.07. The summed E-state index contributed by atoms with van der Waals surface area (Å²) in [7, 11) is 0. The van der Waals surface area contributed by atoms with Gasteiger partial charge in [0, 0.05) is 30.2 Å². The van der Waals surface area contributed by atoms with Crippen LogP contribution in [0.3, 0.4) is 0 Å². The first kappa shape index (κ1) is 20.6. The first-order chi connectivity index (χ1) is 14.6. The number of carbonyl (C=O) groups excluding carboxylic acids is 1. The number of hydrogen-bond donors (Lipinski definition) is 1. The lowest BCUT2D eigenvalue weighted by Crippen LogP contribution is -2.22. The summed E-state index contributed by atoms with van der Waals surface area (Å²) in [6.07, 6.45) is 1.10. The standard InChI is InChI=1S/C25H24ClFN2O/c26-23-8-6-20(7-9-23)25(30)28-15-19-2-1-3-21(14-19)22-12-13-29(17-22)16-18-4-10-24(27)11-5-18/h1-11,14,22H,12-13,15-17H2,(H,28,30). The molecule has 1 aliphatic heterocycles. The van der Waals surface area contributed by atoms with Gasteiger partial charge in [0.25, 0.3) is 5.91 Å². The topological polar surface area (TPSA) is 32.3 Å². The third-order valence-corrected chi connectivity index (χ3v) is 5.83. The number of likely N-dealkylation sites (tertiary alicyclic amines) is 1. The van der Waals surface area contributed by atoms with Crippen molar-refractivity contribution in [3.8, 4) is 0 Å². The quantitative estimate of drug-likeness (QED) is 0.577. The molecule has 1 heterocycles. The fraction of sp³-hybridized carbons (Fsp3) is 0.240. The Morgan fingerprint density at radius 2 is 1.80 bits per heavy atom. The van der Waals surface area contributed by atoms with Gasteiger partial charge >= 0.3 is 0 Å². The van der Waals surface area contributed by atoms with Crippen molar-refractivity contribution in [2.45, 2.75) is 25.4 Å². The summed E-state index contributed by atoms with van der Waals surface area (Å²) < 4.78 is 13.1. The van der Waals surface area contributed by atoms with Gasteiger partial charge in [-0.15, -0.1) is 0 Å². The van der Waals surface area contributed by atoms with Gasteiger partial charge in [0.1, 0.15) is 5.82 Å². The summed E-state index contributed by atoms with van der Waals surface area (Å²) in [5.74, 6) is 0.166. The Labute approximate surface area is 181 Å². The molecule has 1 N–H and O–H groups in total. The molecule has 1 fully saturated rings. The summed E-state index contributed by atoms with van der Waals surface area (Å²) >= 11 is 5.88. The Bertz CT molecular complexity index is 1000. The van der Waals surface area contributed by atoms with Crippen LogP contribution in [-0.4, -0.2) is 23.9 Å². The maximum atomic E-state index is 13.1. The van der Waals surface area contributed by atoms with Crippen molar-refractivity contribution in [3.63, 3.8) is 0 Å². The number of rotatable bonds is 6. The second kappa shape index (κ2) is 9.41. The van der Waals surface area contributed by atoms with Gasteiger partial charge in [0.2, 0.25) is 0 Å². The fourth-order valence-electron chi connectivity index (χ4n) is 3.94. The minimum atomic E-state index is -0.196. The lowest BCUT2D eigenvalue weighted by Gasteiger charge is -2.17. The largest absolute Gasteiger partial charge is 0.348 e. The molecule has 5 heteroatoms. The van der Waals surface area contributed by atoms with Crippen LogP contribution in [0.1, 0.15) is 39.4 Å². The van der Waals surface area contributed by atoms with Crippen molar-refractivity contribution in [1.82, 2.24) is 10.2 Å². The molecule has 0 aromatic heterocycles. The van der Waals surface area contributed by atoms with Crippen molar-refractivity contribution in [1.29, 1.82) is 0 Å². The number of halogens is 2. The molecule has 3 nitrogen and oxygen atoms in total. The highest BCUT2D eigenvalue weighted by Crippen LogP contribution is 2.28. The average Bonchev–Trinajstić information content (AvgIpc) is 3.23. The van der Waals surface area contributed by atoms with Crippen LogP contribution in [0.4, 0.5) is 4.39 Å². The van der Waals surface area contributed by atoms with E-state index < -0.39 is 0 Å². The molecule has 0 radical (unpaired) electrons. The molecule has 154 valence electrons. The summed E-state index contributed by atoms with van der Waals surface area (Å²) in [6, 6.07) is 22.1. The van der Waals surface area contributed by atoms with Crippen LogP contribution in [0.25, 0.3) is 0 Å². The molecule has 3 aromatic rings. The van der Waals surface area contributed by atoms with Gasteiger partial charge in [-0.25, -0.2) is 4.39 Å². The third-order valence-electron chi connectivity index (χ3n) is 5.57. The van der Waals surface area contributed by atoms with Gasteiger partial charge in [-0.3, -0.25) is 9.69 Å². The summed E-state index contributed by atoms with van der Waals surface area (Å²) in [6.45, 7) is 3.34. The van der Waals surface area contributed by atoms with Crippen LogP contribution in [0.2, 0.25) is 5.02 Å². The van der Waals surface area contributed by atoms with E-state index in [9.17, 15) is 9.18 Å². The first-order valence-electron chi connectivity index (χ1n) is 10.2. The summed E-state index contributed by atoms with van der Waals surface area (Å²) in [4.78, 5) is 14.7. The lowest BCUT2D eigenvalue weighted by molar-refractivity contribution is 0.0951. The van der Waals surface area contributed by atoms with E-state index in [1.807, 2.05) is 18.2 Å². The molecule has 30 heavy (non-hydrogen) atoms. The van der Waals surface area contributed by atoms with Gasteiger partial charge < -0.3 is 5.32 Å². The average molecular weight is 423 g/mol. The van der Waals surface area contributed by atoms with Crippen LogP contribution in [-0.2, 0) is 13.1 Å². The normalized spacial score (nSPS) is 16.5. The molecule has 0 aliphatic carbocycles. The van der Waals surface area contributed by atoms with Gasteiger partial charge in [-0.05, 0) is 72.0 Å². The van der Waals surface area contributed by atoms with E-state index in [4.69, 9.17) is 11.6 Å². The molecule has 0 spiro atoms. The first-order valence-corrected chi connectivity index (χ1v) is 10.5. The zero-order valence-electron chi connectivity index (χ0n) is 16.7. The van der Waals surface area contributed by atoms with Crippen molar-refractivity contribution < 1.29 is 9.18 Å². The Balaban J connectivity index is 1.33. The molecule has 0 saturated carbocycles. The number of benzene rings is 3. The van der Waals surface area contributed by atoms with Gasteiger partial charge in [0.15, 0.2) is 0 Å². The Hall–Kier alpha value is -2.69. The molecule has 3 aromatic carbocycles. The number of nitrogens with zero attached hydrogens (tertiary/aromatic N) is 1. The van der Waals surface area contributed by atoms with Gasteiger partial charge in [-0.1, -0.05) is 48.0 Å². The second-order valence-corrected chi connectivity index (χ2v) is 8.22. The smallest absolute Gasteiger partial charge is 0.251 e. The maximum Gasteiger partial charge on any atom is 0.251 e. The van der Waals surface area contributed by atoms with Crippen LogP contribution < -0.4 is 5.32 Å². The molecule has 1 amide bonds. The Morgan fingerprint density at radius 1 is 1.03 bits per heavy atom. The third kappa shape index (κ3) is 5.26. The van der Waals surface area contributed by atoms with E-state index in [-0.39, 0.29) is 11.7 Å². The van der Waals surface area contributed by atoms with Crippen molar-refractivity contribution in [3.05, 3.63) is 106 Å². The molecule has 1 saturated heterocycles. The van der Waals surface area contributed by atoms with E-state index in [1.165, 1.54) is 17.7 Å². The van der Waals surface area contributed by atoms with E-state index in [0.29, 0.717) is 23.0 Å². The van der Waals surface area contributed by atoms with Crippen LogP contribution in [0.5, 0.6) is 0 Å². The monoisotopic (exact) mass is 422 g/mol. The number of hydrogen-bond acceptors (Lipinski definition) is 2. The van der Waals surface area contributed by atoms with Crippen LogP contribution in [0, 0.1) is 5.82 Å². The Morgan fingerprint density at radius 3 is 2.57 bits per heavy atom. The Kier molecular flexibility index (Phi) is 6.46.